The minimum Gasteiger partial charge on any atom is -0.324 e. The molecule has 0 aliphatic heterocycles. The average molecular weight is 479 g/mol. The molecule has 4 nitrogen and oxygen atoms in total. The van der Waals surface area contributed by atoms with E-state index in [2.05, 4.69) is 59.3 Å². The predicted octanol–water partition coefficient (Wildman–Crippen LogP) is 6.96. The third-order valence-corrected chi connectivity index (χ3v) is 6.63. The van der Waals surface area contributed by atoms with E-state index in [4.69, 9.17) is 11.6 Å². The number of hydrogen-bond donors (Lipinski definition) is 1. The third kappa shape index (κ3) is 6.19. The molecule has 0 aliphatic rings. The van der Waals surface area contributed by atoms with Crippen molar-refractivity contribution < 1.29 is 0 Å². The molecule has 174 valence electrons. The summed E-state index contributed by atoms with van der Waals surface area (Å²) in [5.74, 6) is 0.102. The van der Waals surface area contributed by atoms with Crippen LogP contribution in [0.25, 0.3) is 5.69 Å². The number of nitriles is 2. The fourth-order valence-electron chi connectivity index (χ4n) is 4.48. The number of rotatable bonds is 9. The molecule has 1 aromatic heterocycles. The van der Waals surface area contributed by atoms with Gasteiger partial charge < -0.3 is 9.88 Å². The van der Waals surface area contributed by atoms with Crippen molar-refractivity contribution in [2.45, 2.75) is 37.8 Å². The van der Waals surface area contributed by atoms with Crippen molar-refractivity contribution in [3.8, 4) is 17.8 Å². The summed E-state index contributed by atoms with van der Waals surface area (Å²) >= 11 is 6.10. The maximum atomic E-state index is 9.56. The first-order valence-corrected chi connectivity index (χ1v) is 12.1. The first kappa shape index (κ1) is 24.3. The normalized spacial score (nSPS) is 13.4. The Hall–Kier alpha value is -3.83. The van der Waals surface area contributed by atoms with E-state index < -0.39 is 0 Å². The summed E-state index contributed by atoms with van der Waals surface area (Å²) in [5.41, 5.74) is 5.06. The predicted molar refractivity (Wildman–Crippen MR) is 140 cm³/mol. The van der Waals surface area contributed by atoms with Gasteiger partial charge in [0.05, 0.1) is 24.1 Å². The zero-order valence-corrected chi connectivity index (χ0v) is 20.4. The van der Waals surface area contributed by atoms with Crippen LogP contribution < -0.4 is 5.32 Å². The molecule has 1 N–H and O–H groups in total. The van der Waals surface area contributed by atoms with Gasteiger partial charge in [0.25, 0.3) is 0 Å². The molecule has 0 saturated carbocycles. The van der Waals surface area contributed by atoms with Crippen LogP contribution in [0, 0.1) is 22.7 Å². The van der Waals surface area contributed by atoms with Gasteiger partial charge in [-0.25, -0.2) is 0 Å². The first-order valence-electron chi connectivity index (χ1n) is 11.7. The van der Waals surface area contributed by atoms with Gasteiger partial charge in [-0.3, -0.25) is 0 Å². The van der Waals surface area contributed by atoms with Crippen molar-refractivity contribution in [3.63, 3.8) is 0 Å². The number of benzene rings is 3. The molecular formula is C30H27ClN4. The van der Waals surface area contributed by atoms with E-state index in [1.807, 2.05) is 67.0 Å². The summed E-state index contributed by atoms with van der Waals surface area (Å²) in [6.45, 7) is 2.15. The molecule has 1 heterocycles. The van der Waals surface area contributed by atoms with Crippen LogP contribution in [-0.2, 0) is 6.42 Å². The van der Waals surface area contributed by atoms with Crippen molar-refractivity contribution in [2.24, 2.45) is 0 Å². The number of hydrogen-bond acceptors (Lipinski definition) is 3. The second-order valence-corrected chi connectivity index (χ2v) is 9.16. The monoisotopic (exact) mass is 478 g/mol. The van der Waals surface area contributed by atoms with Crippen LogP contribution in [0.3, 0.4) is 0 Å². The van der Waals surface area contributed by atoms with Crippen LogP contribution in [0.1, 0.15) is 47.6 Å². The van der Waals surface area contributed by atoms with Gasteiger partial charge in [0.1, 0.15) is 0 Å². The maximum Gasteiger partial charge on any atom is 0.0991 e. The molecule has 0 amide bonds. The lowest BCUT2D eigenvalue weighted by Crippen LogP contribution is -2.36. The largest absolute Gasteiger partial charge is 0.324 e. The van der Waals surface area contributed by atoms with Gasteiger partial charge >= 0.3 is 0 Å². The van der Waals surface area contributed by atoms with Gasteiger partial charge in [0, 0.05) is 41.1 Å². The lowest BCUT2D eigenvalue weighted by molar-refractivity contribution is 0.401. The highest BCUT2D eigenvalue weighted by Gasteiger charge is 2.24. The summed E-state index contributed by atoms with van der Waals surface area (Å²) in [7, 11) is 0. The van der Waals surface area contributed by atoms with Crippen LogP contribution >= 0.6 is 11.6 Å². The molecule has 3 aromatic carbocycles. The molecule has 0 radical (unpaired) electrons. The fourth-order valence-corrected chi connectivity index (χ4v) is 4.61. The molecule has 0 bridgehead atoms. The Bertz CT molecular complexity index is 1310. The van der Waals surface area contributed by atoms with Gasteiger partial charge in [-0.2, -0.15) is 10.5 Å². The van der Waals surface area contributed by atoms with Crippen molar-refractivity contribution in [1.29, 1.82) is 10.5 Å². The van der Waals surface area contributed by atoms with Gasteiger partial charge in [-0.1, -0.05) is 48.0 Å². The van der Waals surface area contributed by atoms with Crippen LogP contribution in [-0.4, -0.2) is 10.6 Å². The van der Waals surface area contributed by atoms with Gasteiger partial charge in [-0.15, -0.1) is 0 Å². The topological polar surface area (TPSA) is 64.5 Å². The van der Waals surface area contributed by atoms with Crippen LogP contribution in [0.2, 0.25) is 5.02 Å². The number of halogens is 1. The number of nitrogens with one attached hydrogen (secondary N) is 1. The highest BCUT2D eigenvalue weighted by molar-refractivity contribution is 6.30. The van der Waals surface area contributed by atoms with Gasteiger partial charge in [0.2, 0.25) is 0 Å². The second kappa shape index (κ2) is 11.5. The molecule has 1 unspecified atom stereocenters. The summed E-state index contributed by atoms with van der Waals surface area (Å²) in [4.78, 5) is 0. The summed E-state index contributed by atoms with van der Waals surface area (Å²) in [6.07, 6.45) is 5.17. The van der Waals surface area contributed by atoms with E-state index in [9.17, 15) is 10.5 Å². The molecule has 5 heteroatoms. The first-order chi connectivity index (χ1) is 17.1. The van der Waals surface area contributed by atoms with Crippen molar-refractivity contribution in [2.75, 3.05) is 0 Å². The molecular weight excluding hydrogens is 452 g/mol. The Balaban J connectivity index is 1.60. The molecule has 0 aliphatic carbocycles. The van der Waals surface area contributed by atoms with E-state index in [0.29, 0.717) is 17.0 Å². The average Bonchev–Trinajstić information content (AvgIpc) is 3.43. The highest BCUT2D eigenvalue weighted by Crippen LogP contribution is 2.29. The van der Waals surface area contributed by atoms with Crippen molar-refractivity contribution in [1.82, 2.24) is 9.88 Å². The molecule has 0 fully saturated rings. The van der Waals surface area contributed by atoms with Crippen LogP contribution in [0.15, 0.2) is 97.3 Å². The fraction of sp³-hybridized carbons (Fsp3) is 0.200. The molecule has 4 aromatic rings. The van der Waals surface area contributed by atoms with E-state index in [-0.39, 0.29) is 18.0 Å². The minimum atomic E-state index is -0.111. The third-order valence-electron chi connectivity index (χ3n) is 6.37. The second-order valence-electron chi connectivity index (χ2n) is 8.73. The number of aromatic nitrogens is 1. The Morgan fingerprint density at radius 2 is 1.60 bits per heavy atom. The van der Waals surface area contributed by atoms with Gasteiger partial charge in [0.15, 0.2) is 0 Å². The van der Waals surface area contributed by atoms with Crippen molar-refractivity contribution in [3.05, 3.63) is 125 Å². The lowest BCUT2D eigenvalue weighted by atomic mass is 9.85. The molecule has 0 spiro atoms. The van der Waals surface area contributed by atoms with Crippen LogP contribution in [0.5, 0.6) is 0 Å². The Morgan fingerprint density at radius 3 is 2.26 bits per heavy atom. The Kier molecular flexibility index (Phi) is 8.01. The minimum absolute atomic E-state index is 0.0436. The van der Waals surface area contributed by atoms with E-state index in [1.54, 1.807) is 0 Å². The van der Waals surface area contributed by atoms with Crippen molar-refractivity contribution >= 4 is 11.6 Å². The zero-order chi connectivity index (χ0) is 24.6. The Morgan fingerprint density at radius 1 is 0.886 bits per heavy atom. The van der Waals surface area contributed by atoms with Crippen LogP contribution in [0.4, 0.5) is 0 Å². The molecule has 35 heavy (non-hydrogen) atoms. The number of nitrogens with zero attached hydrogens (tertiary/aromatic N) is 3. The van der Waals surface area contributed by atoms with E-state index in [1.165, 1.54) is 5.56 Å². The Labute approximate surface area is 212 Å². The van der Waals surface area contributed by atoms with E-state index >= 15 is 0 Å². The quantitative estimate of drug-likeness (QED) is 0.282. The molecule has 4 rings (SSSR count). The van der Waals surface area contributed by atoms with E-state index in [0.717, 1.165) is 23.2 Å². The maximum absolute atomic E-state index is 9.56. The zero-order valence-electron chi connectivity index (χ0n) is 19.6. The summed E-state index contributed by atoms with van der Waals surface area (Å²) < 4.78 is 2.06. The standard InChI is InChI=1S/C30H27ClN4/c1-22(34-30(15-16-32)25-9-13-28(14-10-25)35-17-2-3-18-35)29(20-23-7-11-27(31)12-8-23)26-6-4-5-24(19-26)21-33/h2-14,17-19,22,29-30,34H,15,20H2,1H3/t22-,29+,30?/m0/s1. The summed E-state index contributed by atoms with van der Waals surface area (Å²) in [6, 6.07) is 32.5. The SMILES string of the molecule is C[C@H](NC(CC#N)c1ccc(-n2cccc2)cc1)[C@@H](Cc1ccc(Cl)cc1)c1cccc(C#N)c1. The smallest absolute Gasteiger partial charge is 0.0991 e. The molecule has 0 saturated heterocycles. The molecule has 3 atom stereocenters. The lowest BCUT2D eigenvalue weighted by Gasteiger charge is -2.30. The van der Waals surface area contributed by atoms with Gasteiger partial charge in [-0.05, 0) is 78.6 Å². The highest BCUT2D eigenvalue weighted by atomic mass is 35.5. The summed E-state index contributed by atoms with van der Waals surface area (Å²) in [5, 5.41) is 23.4.